The fourth-order valence-corrected chi connectivity index (χ4v) is 2.20. The van der Waals surface area contributed by atoms with Crippen molar-refractivity contribution in [2.24, 2.45) is 5.92 Å². The lowest BCUT2D eigenvalue weighted by Gasteiger charge is -2.16. The minimum absolute atomic E-state index is 0.0420. The predicted molar refractivity (Wildman–Crippen MR) is 67.9 cm³/mol. The van der Waals surface area contributed by atoms with E-state index in [4.69, 9.17) is 0 Å². The molecule has 1 radical (unpaired) electrons. The molecule has 0 aromatic heterocycles. The molecule has 0 saturated carbocycles. The molecule has 1 fully saturated rings. The van der Waals surface area contributed by atoms with Gasteiger partial charge in [0.25, 0.3) is 0 Å². The number of hydrogen-bond acceptors (Lipinski definition) is 1. The zero-order valence-corrected chi connectivity index (χ0v) is 10.5. The Morgan fingerprint density at radius 3 is 2.71 bits per heavy atom. The first-order valence-corrected chi connectivity index (χ1v) is 6.19. The molecule has 1 aromatic rings. The molecule has 1 unspecified atom stereocenters. The summed E-state index contributed by atoms with van der Waals surface area (Å²) in [6, 6.07) is 10.3. The summed E-state index contributed by atoms with van der Waals surface area (Å²) in [6.45, 7) is 5.83. The number of rotatable bonds is 4. The van der Waals surface area contributed by atoms with Crippen molar-refractivity contribution in [1.29, 1.82) is 0 Å². The van der Waals surface area contributed by atoms with Gasteiger partial charge in [0.05, 0.1) is 6.04 Å². The highest BCUT2D eigenvalue weighted by atomic mass is 16.2. The summed E-state index contributed by atoms with van der Waals surface area (Å²) in [6.07, 6.45) is 0.862. The van der Waals surface area contributed by atoms with Crippen LogP contribution in [0.25, 0.3) is 0 Å². The van der Waals surface area contributed by atoms with E-state index in [1.54, 1.807) is 0 Å². The predicted octanol–water partition coefficient (Wildman–Crippen LogP) is 2.29. The molecule has 2 rings (SSSR count). The Bertz CT molecular complexity index is 375. The summed E-state index contributed by atoms with van der Waals surface area (Å²) in [5, 5.41) is 4.21. The van der Waals surface area contributed by atoms with Gasteiger partial charge in [0, 0.05) is 13.1 Å². The van der Waals surface area contributed by atoms with Crippen LogP contribution in [0, 0.1) is 5.92 Å². The van der Waals surface area contributed by atoms with Crippen molar-refractivity contribution in [3.8, 4) is 0 Å². The quantitative estimate of drug-likeness (QED) is 0.783. The number of benzene rings is 1. The zero-order valence-electron chi connectivity index (χ0n) is 10.5. The normalized spacial score (nSPS) is 19.8. The van der Waals surface area contributed by atoms with E-state index < -0.39 is 0 Å². The molecular formula is C14H19N2O. The number of nitrogens with zero attached hydrogens (tertiary/aromatic N) is 2. The Kier molecular flexibility index (Phi) is 3.67. The molecule has 1 aliphatic heterocycles. The van der Waals surface area contributed by atoms with Crippen LogP contribution in [0.1, 0.15) is 19.4 Å². The van der Waals surface area contributed by atoms with E-state index in [2.05, 4.69) is 31.3 Å². The number of urea groups is 1. The SMILES string of the molecule is CC(C)CN1CC(Cc2ccccc2)[N]C1=O. The van der Waals surface area contributed by atoms with Gasteiger partial charge in [-0.3, -0.25) is 0 Å². The molecule has 1 saturated heterocycles. The third-order valence-corrected chi connectivity index (χ3v) is 2.89. The third-order valence-electron chi connectivity index (χ3n) is 2.89. The Labute approximate surface area is 103 Å². The maximum atomic E-state index is 11.7. The molecule has 1 aromatic carbocycles. The first-order chi connectivity index (χ1) is 8.15. The lowest BCUT2D eigenvalue weighted by molar-refractivity contribution is 0.211. The fraction of sp³-hybridized carbons (Fsp3) is 0.500. The molecule has 3 nitrogen and oxygen atoms in total. The van der Waals surface area contributed by atoms with E-state index >= 15 is 0 Å². The van der Waals surface area contributed by atoms with E-state index in [9.17, 15) is 4.79 Å². The van der Waals surface area contributed by atoms with Crippen molar-refractivity contribution in [2.75, 3.05) is 13.1 Å². The molecule has 2 amide bonds. The maximum absolute atomic E-state index is 11.7. The van der Waals surface area contributed by atoms with Crippen molar-refractivity contribution in [1.82, 2.24) is 10.2 Å². The van der Waals surface area contributed by atoms with E-state index in [0.717, 1.165) is 19.5 Å². The Morgan fingerprint density at radius 1 is 1.35 bits per heavy atom. The van der Waals surface area contributed by atoms with Crippen LogP contribution in [0.5, 0.6) is 0 Å². The highest BCUT2D eigenvalue weighted by Gasteiger charge is 2.30. The van der Waals surface area contributed by atoms with Gasteiger partial charge in [0.2, 0.25) is 0 Å². The van der Waals surface area contributed by atoms with Crippen LogP contribution in [0.3, 0.4) is 0 Å². The second-order valence-corrected chi connectivity index (χ2v) is 5.05. The first kappa shape index (κ1) is 12.0. The van der Waals surface area contributed by atoms with E-state index in [-0.39, 0.29) is 12.1 Å². The Morgan fingerprint density at radius 2 is 2.06 bits per heavy atom. The molecule has 0 spiro atoms. The average Bonchev–Trinajstić information content (AvgIpc) is 2.59. The molecule has 1 aliphatic rings. The van der Waals surface area contributed by atoms with Crippen molar-refractivity contribution < 1.29 is 4.79 Å². The topological polar surface area (TPSA) is 34.4 Å². The summed E-state index contributed by atoms with van der Waals surface area (Å²) in [4.78, 5) is 13.5. The van der Waals surface area contributed by atoms with E-state index in [1.165, 1.54) is 5.56 Å². The van der Waals surface area contributed by atoms with E-state index in [1.807, 2.05) is 23.1 Å². The van der Waals surface area contributed by atoms with Crippen molar-refractivity contribution in [3.63, 3.8) is 0 Å². The van der Waals surface area contributed by atoms with Crippen LogP contribution in [0.2, 0.25) is 0 Å². The monoisotopic (exact) mass is 231 g/mol. The summed E-state index contributed by atoms with van der Waals surface area (Å²) >= 11 is 0. The number of carbonyl (C=O) groups is 1. The molecule has 0 aliphatic carbocycles. The minimum Gasteiger partial charge on any atom is -0.321 e. The van der Waals surface area contributed by atoms with Crippen LogP contribution in [0.15, 0.2) is 30.3 Å². The van der Waals surface area contributed by atoms with Crippen molar-refractivity contribution in [2.45, 2.75) is 26.3 Å². The second kappa shape index (κ2) is 5.21. The van der Waals surface area contributed by atoms with Gasteiger partial charge in [0.15, 0.2) is 0 Å². The van der Waals surface area contributed by atoms with Gasteiger partial charge in [-0.05, 0) is 17.9 Å². The van der Waals surface area contributed by atoms with Crippen LogP contribution in [0.4, 0.5) is 4.79 Å². The smallest absolute Gasteiger partial charge is 0.321 e. The lowest BCUT2D eigenvalue weighted by atomic mass is 10.1. The zero-order chi connectivity index (χ0) is 12.3. The van der Waals surface area contributed by atoms with Gasteiger partial charge in [-0.2, -0.15) is 0 Å². The third kappa shape index (κ3) is 3.22. The van der Waals surface area contributed by atoms with Crippen LogP contribution < -0.4 is 5.32 Å². The number of carbonyl (C=O) groups excluding carboxylic acids is 1. The van der Waals surface area contributed by atoms with Crippen LogP contribution in [-0.2, 0) is 6.42 Å². The van der Waals surface area contributed by atoms with Crippen LogP contribution in [-0.4, -0.2) is 30.1 Å². The minimum atomic E-state index is -0.0420. The number of amides is 2. The summed E-state index contributed by atoms with van der Waals surface area (Å²) in [7, 11) is 0. The van der Waals surface area contributed by atoms with Gasteiger partial charge in [0.1, 0.15) is 0 Å². The van der Waals surface area contributed by atoms with Gasteiger partial charge in [-0.1, -0.05) is 44.2 Å². The highest BCUT2D eigenvalue weighted by molar-refractivity contribution is 5.76. The van der Waals surface area contributed by atoms with Crippen LogP contribution >= 0.6 is 0 Å². The molecule has 1 atom stereocenters. The fourth-order valence-electron chi connectivity index (χ4n) is 2.20. The number of hydrogen-bond donors (Lipinski definition) is 0. The molecule has 0 bridgehead atoms. The lowest BCUT2D eigenvalue weighted by Crippen LogP contribution is -2.29. The van der Waals surface area contributed by atoms with Gasteiger partial charge in [-0.15, -0.1) is 0 Å². The van der Waals surface area contributed by atoms with Gasteiger partial charge >= 0.3 is 6.03 Å². The standard InChI is InChI=1S/C14H19N2O/c1-11(2)9-16-10-13(15-14(16)17)8-12-6-4-3-5-7-12/h3-7,11,13H,8-10H2,1-2H3. The largest absolute Gasteiger partial charge is 0.339 e. The van der Waals surface area contributed by atoms with E-state index in [0.29, 0.717) is 5.92 Å². The Hall–Kier alpha value is -1.51. The molecule has 1 heterocycles. The summed E-state index contributed by atoms with van der Waals surface area (Å²) in [5.74, 6) is 0.504. The summed E-state index contributed by atoms with van der Waals surface area (Å²) < 4.78 is 0. The van der Waals surface area contributed by atoms with Gasteiger partial charge < -0.3 is 4.90 Å². The molecular weight excluding hydrogens is 212 g/mol. The molecule has 3 heteroatoms. The second-order valence-electron chi connectivity index (χ2n) is 5.05. The Balaban J connectivity index is 1.91. The average molecular weight is 231 g/mol. The molecule has 0 N–H and O–H groups in total. The van der Waals surface area contributed by atoms with Gasteiger partial charge in [-0.25, -0.2) is 10.1 Å². The van der Waals surface area contributed by atoms with Crippen molar-refractivity contribution in [3.05, 3.63) is 35.9 Å². The molecule has 91 valence electrons. The highest BCUT2D eigenvalue weighted by Crippen LogP contribution is 2.13. The summed E-state index contributed by atoms with van der Waals surface area (Å²) in [5.41, 5.74) is 1.25. The van der Waals surface area contributed by atoms with Crippen molar-refractivity contribution >= 4 is 6.03 Å². The maximum Gasteiger partial charge on any atom is 0.339 e. The first-order valence-electron chi connectivity index (χ1n) is 6.19. The molecule has 17 heavy (non-hydrogen) atoms.